The predicted molar refractivity (Wildman–Crippen MR) is 147 cm³/mol. The average molecular weight is 507 g/mol. The number of nitrogens with one attached hydrogen (secondary N) is 1. The maximum absolute atomic E-state index is 13.1. The number of ketones is 1. The molecule has 3 aromatic rings. The first-order valence-electron chi connectivity index (χ1n) is 12.5. The van der Waals surface area contributed by atoms with Crippen LogP contribution in [0.25, 0.3) is 0 Å². The molecule has 0 bridgehead atoms. The van der Waals surface area contributed by atoms with Crippen LogP contribution in [0.15, 0.2) is 60.7 Å². The Morgan fingerprint density at radius 3 is 2.25 bits per heavy atom. The summed E-state index contributed by atoms with van der Waals surface area (Å²) in [6.45, 7) is 12.0. The lowest BCUT2D eigenvalue weighted by molar-refractivity contribution is -0.115. The van der Waals surface area contributed by atoms with E-state index < -0.39 is 0 Å². The second-order valence-corrected chi connectivity index (χ2v) is 9.32. The minimum Gasteiger partial charge on any atom is -0.494 e. The van der Waals surface area contributed by atoms with Gasteiger partial charge in [-0.15, -0.1) is 0 Å². The van der Waals surface area contributed by atoms with Gasteiger partial charge in [-0.3, -0.25) is 9.59 Å². The molecule has 0 spiro atoms. The first kappa shape index (κ1) is 27.4. The number of hydrogen-bond donors (Lipinski definition) is 1. The van der Waals surface area contributed by atoms with E-state index in [0.717, 1.165) is 48.6 Å². The van der Waals surface area contributed by atoms with E-state index in [1.807, 2.05) is 44.2 Å². The van der Waals surface area contributed by atoms with E-state index in [1.54, 1.807) is 30.3 Å². The van der Waals surface area contributed by atoms with Gasteiger partial charge in [0.15, 0.2) is 5.78 Å². The summed E-state index contributed by atoms with van der Waals surface area (Å²) in [5.74, 6) is 0.449. The van der Waals surface area contributed by atoms with E-state index in [2.05, 4.69) is 24.1 Å². The summed E-state index contributed by atoms with van der Waals surface area (Å²) in [6.07, 6.45) is 1.02. The van der Waals surface area contributed by atoms with E-state index in [0.29, 0.717) is 28.3 Å². The van der Waals surface area contributed by atoms with Crippen molar-refractivity contribution in [1.82, 2.24) is 4.90 Å². The van der Waals surface area contributed by atoms with E-state index in [-0.39, 0.29) is 18.1 Å². The molecule has 0 aliphatic rings. The number of halogens is 1. The lowest BCUT2D eigenvalue weighted by atomic mass is 9.96. The van der Waals surface area contributed by atoms with Gasteiger partial charge in [-0.2, -0.15) is 0 Å². The molecule has 3 rings (SSSR count). The molecule has 0 aliphatic carbocycles. The van der Waals surface area contributed by atoms with Crippen LogP contribution in [0.4, 0.5) is 5.69 Å². The maximum Gasteiger partial charge on any atom is 0.228 e. The number of benzene rings is 3. The van der Waals surface area contributed by atoms with Crippen molar-refractivity contribution in [3.8, 4) is 5.75 Å². The van der Waals surface area contributed by atoms with Crippen molar-refractivity contribution in [2.75, 3.05) is 31.6 Å². The zero-order chi connectivity index (χ0) is 26.1. The predicted octanol–water partition coefficient (Wildman–Crippen LogP) is 6.48. The second kappa shape index (κ2) is 13.2. The van der Waals surface area contributed by atoms with Crippen LogP contribution in [0.2, 0.25) is 5.02 Å². The molecule has 0 aliphatic heterocycles. The molecule has 36 heavy (non-hydrogen) atoms. The number of aryl methyl sites for hydroxylation is 2. The molecule has 0 saturated heterocycles. The summed E-state index contributed by atoms with van der Waals surface area (Å²) in [5, 5.41) is 3.48. The normalized spacial score (nSPS) is 10.9. The summed E-state index contributed by atoms with van der Waals surface area (Å²) < 4.78 is 5.97. The SMILES string of the molecule is CCN(CC)CCCOc1cc(C)c(NC(=O)Cc2ccc(Cl)cc2C(=O)c2ccccc2)c(C)c1. The second-order valence-electron chi connectivity index (χ2n) is 8.88. The Balaban J connectivity index is 1.67. The number of carbonyl (C=O) groups excluding carboxylic acids is 2. The lowest BCUT2D eigenvalue weighted by Gasteiger charge is -2.18. The maximum atomic E-state index is 13.1. The molecule has 6 heteroatoms. The minimum absolute atomic E-state index is 0.0631. The van der Waals surface area contributed by atoms with E-state index in [4.69, 9.17) is 16.3 Å². The summed E-state index contributed by atoms with van der Waals surface area (Å²) >= 11 is 6.18. The molecule has 0 aromatic heterocycles. The molecule has 0 fully saturated rings. The number of rotatable bonds is 12. The molecular weight excluding hydrogens is 472 g/mol. The van der Waals surface area contributed by atoms with E-state index in [1.165, 1.54) is 0 Å². The summed E-state index contributed by atoms with van der Waals surface area (Å²) in [5.41, 5.74) is 4.25. The van der Waals surface area contributed by atoms with Gasteiger partial charge >= 0.3 is 0 Å². The number of carbonyl (C=O) groups is 2. The molecule has 0 unspecified atom stereocenters. The van der Waals surface area contributed by atoms with Crippen LogP contribution in [-0.4, -0.2) is 42.8 Å². The molecule has 190 valence electrons. The summed E-state index contributed by atoms with van der Waals surface area (Å²) in [7, 11) is 0. The van der Waals surface area contributed by atoms with Crippen molar-refractivity contribution in [3.05, 3.63) is 93.5 Å². The molecule has 0 radical (unpaired) electrons. The van der Waals surface area contributed by atoms with Crippen LogP contribution in [0.1, 0.15) is 52.9 Å². The average Bonchev–Trinajstić information content (AvgIpc) is 2.87. The molecule has 0 atom stereocenters. The zero-order valence-corrected chi connectivity index (χ0v) is 22.3. The lowest BCUT2D eigenvalue weighted by Crippen LogP contribution is -2.25. The number of ether oxygens (including phenoxy) is 1. The van der Waals surface area contributed by atoms with Gasteiger partial charge in [0.05, 0.1) is 13.0 Å². The number of hydrogen-bond acceptors (Lipinski definition) is 4. The number of amides is 1. The third-order valence-electron chi connectivity index (χ3n) is 6.26. The molecule has 3 aromatic carbocycles. The largest absolute Gasteiger partial charge is 0.494 e. The monoisotopic (exact) mass is 506 g/mol. The fraction of sp³-hybridized carbons (Fsp3) is 0.333. The molecule has 0 saturated carbocycles. The first-order valence-corrected chi connectivity index (χ1v) is 12.8. The van der Waals surface area contributed by atoms with Gasteiger partial charge in [0.2, 0.25) is 5.91 Å². The number of anilines is 1. The first-order chi connectivity index (χ1) is 17.3. The van der Waals surface area contributed by atoms with Crippen LogP contribution in [0.5, 0.6) is 5.75 Å². The Kier molecular flexibility index (Phi) is 10.1. The zero-order valence-electron chi connectivity index (χ0n) is 21.6. The quantitative estimate of drug-likeness (QED) is 0.225. The number of nitrogens with zero attached hydrogens (tertiary/aromatic N) is 1. The smallest absolute Gasteiger partial charge is 0.228 e. The Morgan fingerprint density at radius 2 is 1.61 bits per heavy atom. The highest BCUT2D eigenvalue weighted by Crippen LogP contribution is 2.27. The Hall–Kier alpha value is -3.15. The molecule has 1 N–H and O–H groups in total. The van der Waals surface area contributed by atoms with Crippen LogP contribution in [0, 0.1) is 13.8 Å². The van der Waals surface area contributed by atoms with Gasteiger partial charge < -0.3 is 15.0 Å². The van der Waals surface area contributed by atoms with Crippen molar-refractivity contribution in [2.45, 2.75) is 40.5 Å². The molecule has 1 amide bonds. The molecular formula is C30H35ClN2O3. The van der Waals surface area contributed by atoms with Crippen LogP contribution in [-0.2, 0) is 11.2 Å². The Morgan fingerprint density at radius 1 is 0.944 bits per heavy atom. The van der Waals surface area contributed by atoms with Crippen molar-refractivity contribution >= 4 is 29.0 Å². The summed E-state index contributed by atoms with van der Waals surface area (Å²) in [6, 6.07) is 18.0. The van der Waals surface area contributed by atoms with Gasteiger partial charge in [0.25, 0.3) is 0 Å². The van der Waals surface area contributed by atoms with Crippen molar-refractivity contribution in [3.63, 3.8) is 0 Å². The third-order valence-corrected chi connectivity index (χ3v) is 6.49. The van der Waals surface area contributed by atoms with Gasteiger partial charge in [0, 0.05) is 28.4 Å². The van der Waals surface area contributed by atoms with E-state index >= 15 is 0 Å². The highest BCUT2D eigenvalue weighted by molar-refractivity contribution is 6.31. The topological polar surface area (TPSA) is 58.6 Å². The fourth-order valence-electron chi connectivity index (χ4n) is 4.24. The van der Waals surface area contributed by atoms with Crippen LogP contribution >= 0.6 is 11.6 Å². The van der Waals surface area contributed by atoms with Crippen LogP contribution < -0.4 is 10.1 Å². The standard InChI is InChI=1S/C30H35ClN2O3/c1-5-33(6-2)15-10-16-36-26-17-21(3)29(22(4)18-26)32-28(34)19-24-13-14-25(31)20-27(24)30(35)23-11-8-7-9-12-23/h7-9,11-14,17-18,20H,5-6,10,15-16,19H2,1-4H3,(H,32,34). The van der Waals surface area contributed by atoms with Crippen molar-refractivity contribution in [2.24, 2.45) is 0 Å². The van der Waals surface area contributed by atoms with Gasteiger partial charge in [-0.1, -0.05) is 61.8 Å². The van der Waals surface area contributed by atoms with E-state index in [9.17, 15) is 9.59 Å². The highest BCUT2D eigenvalue weighted by Gasteiger charge is 2.17. The minimum atomic E-state index is -0.196. The van der Waals surface area contributed by atoms with Crippen molar-refractivity contribution in [1.29, 1.82) is 0 Å². The molecule has 5 nitrogen and oxygen atoms in total. The van der Waals surface area contributed by atoms with Crippen molar-refractivity contribution < 1.29 is 14.3 Å². The summed E-state index contributed by atoms with van der Waals surface area (Å²) in [4.78, 5) is 28.5. The van der Waals surface area contributed by atoms with Gasteiger partial charge in [0.1, 0.15) is 5.75 Å². The van der Waals surface area contributed by atoms with Crippen LogP contribution in [0.3, 0.4) is 0 Å². The third kappa shape index (κ3) is 7.42. The van der Waals surface area contributed by atoms with Gasteiger partial charge in [-0.25, -0.2) is 0 Å². The fourth-order valence-corrected chi connectivity index (χ4v) is 4.41. The Labute approximate surface area is 219 Å². The highest BCUT2D eigenvalue weighted by atomic mass is 35.5. The Bertz CT molecular complexity index is 1170. The van der Waals surface area contributed by atoms with Gasteiger partial charge in [-0.05, 0) is 74.3 Å². The molecule has 0 heterocycles.